The molecule has 2 aromatic rings. The Labute approximate surface area is 183 Å². The molecule has 1 fully saturated rings. The van der Waals surface area contributed by atoms with E-state index in [1.165, 1.54) is 0 Å². The van der Waals surface area contributed by atoms with E-state index >= 15 is 0 Å². The van der Waals surface area contributed by atoms with Crippen LogP contribution in [-0.2, 0) is 4.79 Å². The fourth-order valence-electron chi connectivity index (χ4n) is 4.70. The summed E-state index contributed by atoms with van der Waals surface area (Å²) in [5, 5.41) is 3.05. The van der Waals surface area contributed by atoms with Crippen molar-refractivity contribution in [1.82, 2.24) is 10.2 Å². The second-order valence-corrected chi connectivity index (χ2v) is 9.35. The number of aryl methyl sites for hydroxylation is 1. The number of piperidine rings is 1. The lowest BCUT2D eigenvalue weighted by Crippen LogP contribution is -2.52. The summed E-state index contributed by atoms with van der Waals surface area (Å²) in [7, 11) is 0. The Balaban J connectivity index is 1.46. The van der Waals surface area contributed by atoms with Gasteiger partial charge < -0.3 is 19.4 Å². The highest BCUT2D eigenvalue weighted by Crippen LogP contribution is 2.46. The highest BCUT2D eigenvalue weighted by atomic mass is 16.5. The molecule has 2 aliphatic rings. The molecule has 2 aliphatic heterocycles. The van der Waals surface area contributed by atoms with Crippen LogP contribution in [0.5, 0.6) is 5.75 Å². The van der Waals surface area contributed by atoms with E-state index < -0.39 is 0 Å². The van der Waals surface area contributed by atoms with E-state index in [0.717, 1.165) is 36.1 Å². The molecule has 1 aromatic carbocycles. The zero-order valence-electron chi connectivity index (χ0n) is 18.6. The summed E-state index contributed by atoms with van der Waals surface area (Å²) in [5.41, 5.74) is 1.63. The lowest BCUT2D eigenvalue weighted by molar-refractivity contribution is -0.122. The molecule has 166 valence electrons. The Kier molecular flexibility index (Phi) is 6.08. The number of fused-ring (bicyclic) bond motifs is 1. The van der Waals surface area contributed by atoms with Crippen LogP contribution in [-0.4, -0.2) is 41.9 Å². The number of nitrogens with zero attached hydrogens (tertiary/aromatic N) is 1. The van der Waals surface area contributed by atoms with Crippen LogP contribution >= 0.6 is 0 Å². The van der Waals surface area contributed by atoms with E-state index in [9.17, 15) is 9.59 Å². The second-order valence-electron chi connectivity index (χ2n) is 9.35. The summed E-state index contributed by atoms with van der Waals surface area (Å²) >= 11 is 0. The maximum Gasteiger partial charge on any atom is 0.289 e. The molecule has 1 saturated heterocycles. The summed E-state index contributed by atoms with van der Waals surface area (Å²) < 4.78 is 11.9. The summed E-state index contributed by atoms with van der Waals surface area (Å²) in [6.45, 7) is 8.01. The molecule has 31 heavy (non-hydrogen) atoms. The van der Waals surface area contributed by atoms with Gasteiger partial charge in [-0.15, -0.1) is 0 Å². The monoisotopic (exact) mass is 424 g/mol. The Bertz CT molecular complexity index is 941. The largest absolute Gasteiger partial charge is 0.487 e. The lowest BCUT2D eigenvalue weighted by atomic mass is 9.76. The molecule has 6 nitrogen and oxygen atoms in total. The second kappa shape index (κ2) is 8.77. The molecule has 1 N–H and O–H groups in total. The predicted molar refractivity (Wildman–Crippen MR) is 118 cm³/mol. The minimum atomic E-state index is -0.341. The zero-order chi connectivity index (χ0) is 22.0. The fraction of sp³-hybridized carbons (Fsp3) is 0.520. The van der Waals surface area contributed by atoms with Crippen molar-refractivity contribution in [3.63, 3.8) is 0 Å². The molecule has 4 rings (SSSR count). The van der Waals surface area contributed by atoms with Gasteiger partial charge in [-0.05, 0) is 37.0 Å². The summed E-state index contributed by atoms with van der Waals surface area (Å²) in [6, 6.07) is 9.87. The van der Waals surface area contributed by atoms with Crippen LogP contribution in [0.4, 0.5) is 0 Å². The van der Waals surface area contributed by atoms with E-state index in [1.807, 2.05) is 36.1 Å². The third kappa shape index (κ3) is 4.63. The molecule has 2 amide bonds. The summed E-state index contributed by atoms with van der Waals surface area (Å²) in [4.78, 5) is 27.3. The third-order valence-electron chi connectivity index (χ3n) is 6.46. The van der Waals surface area contributed by atoms with Crippen molar-refractivity contribution in [2.45, 2.75) is 58.0 Å². The first-order valence-corrected chi connectivity index (χ1v) is 11.2. The first-order valence-electron chi connectivity index (χ1n) is 11.2. The van der Waals surface area contributed by atoms with Crippen LogP contribution in [0, 0.1) is 12.8 Å². The zero-order valence-corrected chi connectivity index (χ0v) is 18.6. The molecule has 0 bridgehead atoms. The van der Waals surface area contributed by atoms with Crippen LogP contribution in [0.1, 0.15) is 67.1 Å². The quantitative estimate of drug-likeness (QED) is 0.777. The van der Waals surface area contributed by atoms with Crippen molar-refractivity contribution in [1.29, 1.82) is 0 Å². The van der Waals surface area contributed by atoms with Gasteiger partial charge in [0.15, 0.2) is 5.76 Å². The average Bonchev–Trinajstić information content (AvgIpc) is 3.18. The number of carbonyl (C=O) groups excluding carboxylic acids is 2. The van der Waals surface area contributed by atoms with Gasteiger partial charge in [0.25, 0.3) is 5.91 Å². The topological polar surface area (TPSA) is 71.8 Å². The SMILES string of the molecule is Cc1ccoc1C(=O)N1CCC2(CC1)C[C@H](CC(=O)NCC(C)C)c1ccccc1O2. The van der Waals surface area contributed by atoms with E-state index in [1.54, 1.807) is 6.26 Å². The van der Waals surface area contributed by atoms with Gasteiger partial charge in [0.05, 0.1) is 6.26 Å². The molecular weight excluding hydrogens is 392 g/mol. The van der Waals surface area contributed by atoms with Gasteiger partial charge in [0.2, 0.25) is 5.91 Å². The third-order valence-corrected chi connectivity index (χ3v) is 6.46. The lowest BCUT2D eigenvalue weighted by Gasteiger charge is -2.46. The number of para-hydroxylation sites is 1. The number of hydrogen-bond donors (Lipinski definition) is 1. The molecule has 1 spiro atoms. The summed E-state index contributed by atoms with van der Waals surface area (Å²) in [6.07, 6.45) is 4.31. The number of benzene rings is 1. The standard InChI is InChI=1S/C25H32N2O4/c1-17(2)16-26-22(28)14-19-15-25(31-21-7-5-4-6-20(19)21)9-11-27(12-10-25)24(29)23-18(3)8-13-30-23/h4-8,13,17,19H,9-12,14-16H2,1-3H3,(H,26,28)/t19-/m0/s1. The number of furan rings is 1. The van der Waals surface area contributed by atoms with Crippen molar-refractivity contribution in [3.05, 3.63) is 53.5 Å². The van der Waals surface area contributed by atoms with Crippen molar-refractivity contribution in [3.8, 4) is 5.75 Å². The van der Waals surface area contributed by atoms with E-state index in [-0.39, 0.29) is 23.3 Å². The number of amides is 2. The van der Waals surface area contributed by atoms with Crippen molar-refractivity contribution in [2.75, 3.05) is 19.6 Å². The molecule has 1 atom stereocenters. The fourth-order valence-corrected chi connectivity index (χ4v) is 4.70. The van der Waals surface area contributed by atoms with Crippen LogP contribution in [0.2, 0.25) is 0 Å². The Hall–Kier alpha value is -2.76. The number of ether oxygens (including phenoxy) is 1. The minimum Gasteiger partial charge on any atom is -0.487 e. The molecular formula is C25H32N2O4. The molecule has 0 aliphatic carbocycles. The molecule has 0 radical (unpaired) electrons. The maximum absolute atomic E-state index is 12.8. The molecule has 3 heterocycles. The van der Waals surface area contributed by atoms with Crippen LogP contribution in [0.15, 0.2) is 41.0 Å². The maximum atomic E-state index is 12.8. The van der Waals surface area contributed by atoms with Gasteiger partial charge in [-0.3, -0.25) is 9.59 Å². The Morgan fingerprint density at radius 2 is 1.94 bits per heavy atom. The molecule has 0 saturated carbocycles. The van der Waals surface area contributed by atoms with Crippen molar-refractivity contribution >= 4 is 11.8 Å². The smallest absolute Gasteiger partial charge is 0.289 e. The highest BCUT2D eigenvalue weighted by molar-refractivity contribution is 5.92. The van der Waals surface area contributed by atoms with Gasteiger partial charge in [-0.1, -0.05) is 32.0 Å². The van der Waals surface area contributed by atoms with Gasteiger partial charge in [-0.25, -0.2) is 0 Å². The van der Waals surface area contributed by atoms with Crippen LogP contribution < -0.4 is 10.1 Å². The Morgan fingerprint density at radius 1 is 1.19 bits per heavy atom. The highest BCUT2D eigenvalue weighted by Gasteiger charge is 2.44. The van der Waals surface area contributed by atoms with Gasteiger partial charge >= 0.3 is 0 Å². The first-order chi connectivity index (χ1) is 14.9. The van der Waals surface area contributed by atoms with Crippen LogP contribution in [0.25, 0.3) is 0 Å². The number of nitrogens with one attached hydrogen (secondary N) is 1. The van der Waals surface area contributed by atoms with Crippen LogP contribution in [0.3, 0.4) is 0 Å². The Morgan fingerprint density at radius 3 is 2.61 bits per heavy atom. The molecule has 6 heteroatoms. The van der Waals surface area contributed by atoms with E-state index in [0.29, 0.717) is 37.7 Å². The van der Waals surface area contributed by atoms with E-state index in [4.69, 9.17) is 9.15 Å². The molecule has 0 unspecified atom stereocenters. The van der Waals surface area contributed by atoms with Crippen molar-refractivity contribution in [2.24, 2.45) is 5.92 Å². The average molecular weight is 425 g/mol. The number of hydrogen-bond acceptors (Lipinski definition) is 4. The van der Waals surface area contributed by atoms with Gasteiger partial charge in [0, 0.05) is 50.4 Å². The predicted octanol–water partition coefficient (Wildman–Crippen LogP) is 4.29. The summed E-state index contributed by atoms with van der Waals surface area (Å²) in [5.74, 6) is 1.87. The van der Waals surface area contributed by atoms with Gasteiger partial charge in [0.1, 0.15) is 11.4 Å². The number of likely N-dealkylation sites (tertiary alicyclic amines) is 1. The number of rotatable bonds is 5. The number of carbonyl (C=O) groups is 2. The van der Waals surface area contributed by atoms with Crippen molar-refractivity contribution < 1.29 is 18.7 Å². The molecule has 1 aromatic heterocycles. The van der Waals surface area contributed by atoms with Gasteiger partial charge in [-0.2, -0.15) is 0 Å². The minimum absolute atomic E-state index is 0.0572. The van der Waals surface area contributed by atoms with E-state index in [2.05, 4.69) is 25.2 Å². The normalized spacial score (nSPS) is 19.7. The first kappa shape index (κ1) is 21.5.